The Morgan fingerprint density at radius 2 is 2.00 bits per heavy atom. The van der Waals surface area contributed by atoms with Gasteiger partial charge in [0.15, 0.2) is 0 Å². The summed E-state index contributed by atoms with van der Waals surface area (Å²) in [6.45, 7) is 2.24. The van der Waals surface area contributed by atoms with Gasteiger partial charge in [0.05, 0.1) is 7.11 Å². The monoisotopic (exact) mass is 279 g/mol. The van der Waals surface area contributed by atoms with Gasteiger partial charge in [0.2, 0.25) is 0 Å². The highest BCUT2D eigenvalue weighted by atomic mass is 19.1. The molecule has 3 heteroatoms. The van der Waals surface area contributed by atoms with Crippen molar-refractivity contribution in [2.75, 3.05) is 7.11 Å². The molecule has 1 atom stereocenters. The lowest BCUT2D eigenvalue weighted by molar-refractivity contribution is 0.232. The summed E-state index contributed by atoms with van der Waals surface area (Å²) in [5.41, 5.74) is 6.93. The molecule has 0 spiro atoms. The maximum Gasteiger partial charge on any atom is 0.131 e. The maximum atomic E-state index is 14.1. The summed E-state index contributed by atoms with van der Waals surface area (Å²) in [5.74, 6) is 1.56. The maximum absolute atomic E-state index is 14.1. The van der Waals surface area contributed by atoms with Crippen LogP contribution >= 0.6 is 0 Å². The molecule has 2 N–H and O–H groups in total. The van der Waals surface area contributed by atoms with Gasteiger partial charge in [-0.2, -0.15) is 0 Å². The first-order chi connectivity index (χ1) is 9.65. The zero-order valence-electron chi connectivity index (χ0n) is 12.6. The van der Waals surface area contributed by atoms with Crippen molar-refractivity contribution in [2.24, 2.45) is 17.6 Å². The average molecular weight is 279 g/mol. The summed E-state index contributed by atoms with van der Waals surface area (Å²) < 4.78 is 19.1. The fourth-order valence-corrected chi connectivity index (χ4v) is 3.40. The molecule has 1 aliphatic carbocycles. The Morgan fingerprint density at radius 3 is 2.55 bits per heavy atom. The van der Waals surface area contributed by atoms with Crippen LogP contribution in [0, 0.1) is 17.7 Å². The molecule has 1 fully saturated rings. The van der Waals surface area contributed by atoms with Crippen LogP contribution < -0.4 is 10.5 Å². The Hall–Kier alpha value is -1.09. The SMILES string of the molecule is CCCC1CCC(C(N)c2ccc(OC)cc2F)CC1. The zero-order valence-corrected chi connectivity index (χ0v) is 12.6. The van der Waals surface area contributed by atoms with Crippen molar-refractivity contribution in [1.29, 1.82) is 0 Å². The van der Waals surface area contributed by atoms with Gasteiger partial charge in [0.1, 0.15) is 11.6 Å². The second kappa shape index (κ2) is 7.07. The minimum atomic E-state index is -0.243. The summed E-state index contributed by atoms with van der Waals surface area (Å²) in [4.78, 5) is 0. The van der Waals surface area contributed by atoms with Crippen LogP contribution in [-0.2, 0) is 0 Å². The molecule has 2 rings (SSSR count). The molecular weight excluding hydrogens is 253 g/mol. The predicted molar refractivity (Wildman–Crippen MR) is 80.2 cm³/mol. The zero-order chi connectivity index (χ0) is 14.5. The fraction of sp³-hybridized carbons (Fsp3) is 0.647. The van der Waals surface area contributed by atoms with Crippen molar-refractivity contribution < 1.29 is 9.13 Å². The molecule has 0 aromatic heterocycles. The van der Waals surface area contributed by atoms with Gasteiger partial charge in [0.25, 0.3) is 0 Å². The van der Waals surface area contributed by atoms with Gasteiger partial charge >= 0.3 is 0 Å². The molecule has 0 aliphatic heterocycles. The molecule has 1 aromatic carbocycles. The first-order valence-corrected chi connectivity index (χ1v) is 7.74. The van der Waals surface area contributed by atoms with E-state index in [9.17, 15) is 4.39 Å². The fourth-order valence-electron chi connectivity index (χ4n) is 3.40. The van der Waals surface area contributed by atoms with Crippen molar-refractivity contribution >= 4 is 0 Å². The summed E-state index contributed by atoms with van der Waals surface area (Å²) in [5, 5.41) is 0. The Labute approximate surface area is 121 Å². The van der Waals surface area contributed by atoms with Gasteiger partial charge in [-0.25, -0.2) is 4.39 Å². The number of halogens is 1. The summed E-state index contributed by atoms with van der Waals surface area (Å²) in [7, 11) is 1.55. The molecule has 0 bridgehead atoms. The average Bonchev–Trinajstić information content (AvgIpc) is 2.47. The minimum Gasteiger partial charge on any atom is -0.497 e. The van der Waals surface area contributed by atoms with E-state index in [1.54, 1.807) is 19.2 Å². The molecule has 20 heavy (non-hydrogen) atoms. The number of rotatable bonds is 5. The first-order valence-electron chi connectivity index (χ1n) is 7.74. The second-order valence-electron chi connectivity index (χ2n) is 5.98. The van der Waals surface area contributed by atoms with E-state index in [1.807, 2.05) is 0 Å². The van der Waals surface area contributed by atoms with Crippen molar-refractivity contribution in [3.05, 3.63) is 29.6 Å². The first kappa shape index (κ1) is 15.3. The van der Waals surface area contributed by atoms with Gasteiger partial charge < -0.3 is 10.5 Å². The van der Waals surface area contributed by atoms with Crippen molar-refractivity contribution in [3.63, 3.8) is 0 Å². The van der Waals surface area contributed by atoms with Crippen molar-refractivity contribution in [1.82, 2.24) is 0 Å². The van der Waals surface area contributed by atoms with Crippen molar-refractivity contribution in [3.8, 4) is 5.75 Å². The Kier molecular flexibility index (Phi) is 5.41. The molecule has 0 heterocycles. The lowest BCUT2D eigenvalue weighted by atomic mass is 9.76. The lowest BCUT2D eigenvalue weighted by Crippen LogP contribution is -2.26. The van der Waals surface area contributed by atoms with E-state index in [2.05, 4.69) is 6.92 Å². The van der Waals surface area contributed by atoms with Gasteiger partial charge in [-0.05, 0) is 30.7 Å². The Bertz CT molecular complexity index is 427. The quantitative estimate of drug-likeness (QED) is 0.864. The lowest BCUT2D eigenvalue weighted by Gasteiger charge is -2.32. The number of benzene rings is 1. The van der Waals surface area contributed by atoms with Crippen LogP contribution in [0.1, 0.15) is 57.1 Å². The van der Waals surface area contributed by atoms with Crippen LogP contribution in [-0.4, -0.2) is 7.11 Å². The summed E-state index contributed by atoms with van der Waals surface area (Å²) >= 11 is 0. The number of hydrogen-bond donors (Lipinski definition) is 1. The van der Waals surface area contributed by atoms with Crippen LogP contribution in [0.3, 0.4) is 0 Å². The van der Waals surface area contributed by atoms with Gasteiger partial charge in [-0.1, -0.05) is 38.7 Å². The summed E-state index contributed by atoms with van der Waals surface area (Å²) in [6.07, 6.45) is 7.30. The van der Waals surface area contributed by atoms with E-state index < -0.39 is 0 Å². The third kappa shape index (κ3) is 3.51. The normalized spacial score (nSPS) is 24.4. The smallest absolute Gasteiger partial charge is 0.131 e. The largest absolute Gasteiger partial charge is 0.497 e. The number of methoxy groups -OCH3 is 1. The number of hydrogen-bond acceptors (Lipinski definition) is 2. The van der Waals surface area contributed by atoms with Gasteiger partial charge in [0, 0.05) is 17.7 Å². The molecule has 1 unspecified atom stereocenters. The topological polar surface area (TPSA) is 35.2 Å². The standard InChI is InChI=1S/C17H26FNO/c1-3-4-12-5-7-13(8-6-12)17(19)15-10-9-14(20-2)11-16(15)18/h9-13,17H,3-8,19H2,1-2H3. The van der Waals surface area contributed by atoms with Crippen LogP contribution in [0.5, 0.6) is 5.75 Å². The predicted octanol–water partition coefficient (Wildman–Crippen LogP) is 4.44. The minimum absolute atomic E-state index is 0.191. The third-order valence-corrected chi connectivity index (χ3v) is 4.66. The van der Waals surface area contributed by atoms with Crippen LogP contribution in [0.2, 0.25) is 0 Å². The van der Waals surface area contributed by atoms with E-state index in [1.165, 1.54) is 31.7 Å². The molecule has 0 saturated heterocycles. The summed E-state index contributed by atoms with van der Waals surface area (Å²) in [6, 6.07) is 4.80. The second-order valence-corrected chi connectivity index (χ2v) is 5.98. The highest BCUT2D eigenvalue weighted by Crippen LogP contribution is 2.38. The van der Waals surface area contributed by atoms with E-state index in [0.717, 1.165) is 18.8 Å². The Morgan fingerprint density at radius 1 is 1.30 bits per heavy atom. The van der Waals surface area contributed by atoms with Crippen LogP contribution in [0.25, 0.3) is 0 Å². The molecule has 1 aromatic rings. The van der Waals surface area contributed by atoms with Crippen molar-refractivity contribution in [2.45, 2.75) is 51.5 Å². The molecule has 2 nitrogen and oxygen atoms in total. The van der Waals surface area contributed by atoms with E-state index >= 15 is 0 Å². The number of ether oxygens (including phenoxy) is 1. The molecule has 1 aliphatic rings. The van der Waals surface area contributed by atoms with E-state index in [-0.39, 0.29) is 11.9 Å². The Balaban J connectivity index is 2.00. The van der Waals surface area contributed by atoms with E-state index in [0.29, 0.717) is 17.2 Å². The molecule has 0 radical (unpaired) electrons. The molecule has 0 amide bonds. The third-order valence-electron chi connectivity index (χ3n) is 4.66. The van der Waals surface area contributed by atoms with Crippen LogP contribution in [0.15, 0.2) is 18.2 Å². The molecule has 112 valence electrons. The molecular formula is C17H26FNO. The highest BCUT2D eigenvalue weighted by molar-refractivity contribution is 5.31. The van der Waals surface area contributed by atoms with Gasteiger partial charge in [-0.3, -0.25) is 0 Å². The number of nitrogens with two attached hydrogens (primary N) is 1. The van der Waals surface area contributed by atoms with Crippen LogP contribution in [0.4, 0.5) is 4.39 Å². The molecule has 1 saturated carbocycles. The van der Waals surface area contributed by atoms with Gasteiger partial charge in [-0.15, -0.1) is 0 Å². The highest BCUT2D eigenvalue weighted by Gasteiger charge is 2.27. The van der Waals surface area contributed by atoms with E-state index in [4.69, 9.17) is 10.5 Å².